The van der Waals surface area contributed by atoms with E-state index in [0.29, 0.717) is 6.10 Å². The number of epoxide rings is 1. The summed E-state index contributed by atoms with van der Waals surface area (Å²) in [5, 5.41) is 0. The summed E-state index contributed by atoms with van der Waals surface area (Å²) in [7, 11) is 0. The third-order valence-electron chi connectivity index (χ3n) is 2.54. The molecule has 0 spiro atoms. The molecule has 0 aromatic rings. The summed E-state index contributed by atoms with van der Waals surface area (Å²) in [6.45, 7) is 1.80. The molecule has 3 heteroatoms. The Morgan fingerprint density at radius 1 is 1.54 bits per heavy atom. The zero-order chi connectivity index (χ0) is 9.26. The highest BCUT2D eigenvalue weighted by atomic mass is 16.6. The first kappa shape index (κ1) is 8.75. The van der Waals surface area contributed by atoms with Crippen LogP contribution < -0.4 is 0 Å². The van der Waals surface area contributed by atoms with Crippen LogP contribution in [0.2, 0.25) is 0 Å². The largest absolute Gasteiger partial charge is 0.456 e. The van der Waals surface area contributed by atoms with Crippen LogP contribution in [0.15, 0.2) is 12.2 Å². The molecule has 1 saturated carbocycles. The van der Waals surface area contributed by atoms with Crippen LogP contribution in [0.1, 0.15) is 26.2 Å². The van der Waals surface area contributed by atoms with Crippen molar-refractivity contribution in [3.63, 3.8) is 0 Å². The number of rotatable bonds is 2. The van der Waals surface area contributed by atoms with Gasteiger partial charge in [-0.1, -0.05) is 6.08 Å². The molecule has 72 valence electrons. The van der Waals surface area contributed by atoms with Crippen molar-refractivity contribution in [1.82, 2.24) is 0 Å². The van der Waals surface area contributed by atoms with E-state index in [1.165, 1.54) is 6.08 Å². The van der Waals surface area contributed by atoms with Crippen LogP contribution in [0, 0.1) is 0 Å². The van der Waals surface area contributed by atoms with E-state index in [1.54, 1.807) is 13.0 Å². The molecule has 0 amide bonds. The smallest absolute Gasteiger partial charge is 0.330 e. The molecular weight excluding hydrogens is 168 g/mol. The Morgan fingerprint density at radius 3 is 3.15 bits per heavy atom. The predicted molar refractivity (Wildman–Crippen MR) is 47.2 cm³/mol. The van der Waals surface area contributed by atoms with Gasteiger partial charge in [0.15, 0.2) is 0 Å². The van der Waals surface area contributed by atoms with E-state index in [2.05, 4.69) is 0 Å². The Hall–Kier alpha value is -0.830. The number of esters is 1. The molecule has 1 saturated heterocycles. The van der Waals surface area contributed by atoms with Crippen LogP contribution in [-0.4, -0.2) is 24.3 Å². The van der Waals surface area contributed by atoms with E-state index in [4.69, 9.17) is 9.47 Å². The van der Waals surface area contributed by atoms with Crippen LogP contribution in [-0.2, 0) is 14.3 Å². The zero-order valence-corrected chi connectivity index (χ0v) is 7.73. The third-order valence-corrected chi connectivity index (χ3v) is 2.54. The van der Waals surface area contributed by atoms with Crippen LogP contribution in [0.5, 0.6) is 0 Å². The lowest BCUT2D eigenvalue weighted by Crippen LogP contribution is -2.27. The number of fused-ring (bicyclic) bond motifs is 1. The molecule has 0 radical (unpaired) electrons. The zero-order valence-electron chi connectivity index (χ0n) is 7.73. The van der Waals surface area contributed by atoms with Crippen molar-refractivity contribution in [1.29, 1.82) is 0 Å². The van der Waals surface area contributed by atoms with Crippen molar-refractivity contribution in [2.75, 3.05) is 0 Å². The van der Waals surface area contributed by atoms with Crippen molar-refractivity contribution in [2.45, 2.75) is 44.5 Å². The molecule has 0 aromatic carbocycles. The average Bonchev–Trinajstić information content (AvgIpc) is 2.84. The molecule has 2 aliphatic rings. The summed E-state index contributed by atoms with van der Waals surface area (Å²) in [6.07, 6.45) is 6.90. The molecule has 0 bridgehead atoms. The summed E-state index contributed by atoms with van der Waals surface area (Å²) >= 11 is 0. The Morgan fingerprint density at radius 2 is 2.38 bits per heavy atom. The Labute approximate surface area is 77.7 Å². The minimum atomic E-state index is -0.247. The third kappa shape index (κ3) is 1.91. The van der Waals surface area contributed by atoms with Gasteiger partial charge in [-0.05, 0) is 26.2 Å². The second-order valence-corrected chi connectivity index (χ2v) is 3.55. The van der Waals surface area contributed by atoms with Gasteiger partial charge in [-0.15, -0.1) is 0 Å². The number of ether oxygens (including phenoxy) is 2. The molecular formula is C10H14O3. The first-order valence-corrected chi connectivity index (χ1v) is 4.80. The van der Waals surface area contributed by atoms with E-state index in [9.17, 15) is 4.79 Å². The molecule has 2 rings (SSSR count). The number of allylic oxidation sites excluding steroid dienone is 1. The summed E-state index contributed by atoms with van der Waals surface area (Å²) < 4.78 is 10.6. The predicted octanol–water partition coefficient (Wildman–Crippen LogP) is 1.43. The van der Waals surface area contributed by atoms with Gasteiger partial charge in [0.05, 0.1) is 6.10 Å². The number of hydrogen-bond donors (Lipinski definition) is 0. The van der Waals surface area contributed by atoms with Crippen molar-refractivity contribution in [3.05, 3.63) is 12.2 Å². The molecule has 2 fully saturated rings. The van der Waals surface area contributed by atoms with Crippen LogP contribution >= 0.6 is 0 Å². The molecule has 0 N–H and O–H groups in total. The van der Waals surface area contributed by atoms with E-state index in [-0.39, 0.29) is 18.2 Å². The van der Waals surface area contributed by atoms with Crippen molar-refractivity contribution in [3.8, 4) is 0 Å². The van der Waals surface area contributed by atoms with Crippen LogP contribution in [0.25, 0.3) is 0 Å². The van der Waals surface area contributed by atoms with Gasteiger partial charge in [-0.25, -0.2) is 4.79 Å². The van der Waals surface area contributed by atoms with E-state index < -0.39 is 0 Å². The first-order valence-electron chi connectivity index (χ1n) is 4.80. The molecule has 13 heavy (non-hydrogen) atoms. The van der Waals surface area contributed by atoms with E-state index in [1.807, 2.05) is 0 Å². The van der Waals surface area contributed by atoms with Gasteiger partial charge in [0.25, 0.3) is 0 Å². The Bertz CT molecular complexity index is 234. The molecule has 1 aliphatic carbocycles. The van der Waals surface area contributed by atoms with E-state index in [0.717, 1.165) is 19.3 Å². The molecule has 3 atom stereocenters. The minimum absolute atomic E-state index is 0.00227. The second kappa shape index (κ2) is 3.50. The van der Waals surface area contributed by atoms with Gasteiger partial charge in [0.1, 0.15) is 12.2 Å². The molecule has 1 aliphatic heterocycles. The Kier molecular flexibility index (Phi) is 2.36. The van der Waals surface area contributed by atoms with Gasteiger partial charge in [-0.2, -0.15) is 0 Å². The number of hydrogen-bond acceptors (Lipinski definition) is 3. The molecule has 1 heterocycles. The van der Waals surface area contributed by atoms with Crippen molar-refractivity contribution in [2.24, 2.45) is 0 Å². The van der Waals surface area contributed by atoms with Crippen molar-refractivity contribution >= 4 is 5.97 Å². The lowest BCUT2D eigenvalue weighted by atomic mass is 9.98. The van der Waals surface area contributed by atoms with Crippen LogP contribution in [0.4, 0.5) is 0 Å². The van der Waals surface area contributed by atoms with Gasteiger partial charge in [0.2, 0.25) is 0 Å². The monoisotopic (exact) mass is 182 g/mol. The summed E-state index contributed by atoms with van der Waals surface area (Å²) in [6, 6.07) is 0. The fourth-order valence-corrected chi connectivity index (χ4v) is 1.85. The average molecular weight is 182 g/mol. The molecule has 3 unspecified atom stereocenters. The number of carbonyl (C=O) groups is 1. The standard InChI is InChI=1S/C10H14O3/c1-2-4-9(11)12-7-5-3-6-8-10(7)13-8/h2,4,7-8,10H,3,5-6H2,1H3. The first-order chi connectivity index (χ1) is 6.31. The lowest BCUT2D eigenvalue weighted by Gasteiger charge is -2.17. The summed E-state index contributed by atoms with van der Waals surface area (Å²) in [5.74, 6) is -0.247. The topological polar surface area (TPSA) is 38.8 Å². The normalized spacial score (nSPS) is 37.2. The van der Waals surface area contributed by atoms with Gasteiger partial charge >= 0.3 is 5.97 Å². The second-order valence-electron chi connectivity index (χ2n) is 3.55. The summed E-state index contributed by atoms with van der Waals surface area (Å²) in [5.41, 5.74) is 0. The molecule has 0 aromatic heterocycles. The maximum absolute atomic E-state index is 11.1. The van der Waals surface area contributed by atoms with Gasteiger partial charge in [0, 0.05) is 6.08 Å². The highest BCUT2D eigenvalue weighted by Gasteiger charge is 2.48. The van der Waals surface area contributed by atoms with Crippen LogP contribution in [0.3, 0.4) is 0 Å². The summed E-state index contributed by atoms with van der Waals surface area (Å²) in [4.78, 5) is 11.1. The minimum Gasteiger partial charge on any atom is -0.456 e. The van der Waals surface area contributed by atoms with Gasteiger partial charge < -0.3 is 9.47 Å². The van der Waals surface area contributed by atoms with E-state index >= 15 is 0 Å². The van der Waals surface area contributed by atoms with Gasteiger partial charge in [-0.3, -0.25) is 0 Å². The quantitative estimate of drug-likeness (QED) is 0.368. The Balaban J connectivity index is 1.84. The highest BCUT2D eigenvalue weighted by molar-refractivity contribution is 5.82. The maximum Gasteiger partial charge on any atom is 0.330 e. The SMILES string of the molecule is CC=CC(=O)OC1CCCC2OC12. The fourth-order valence-electron chi connectivity index (χ4n) is 1.85. The number of carbonyl (C=O) groups excluding carboxylic acids is 1. The fraction of sp³-hybridized carbons (Fsp3) is 0.700. The van der Waals surface area contributed by atoms with Crippen molar-refractivity contribution < 1.29 is 14.3 Å². The maximum atomic E-state index is 11.1. The highest BCUT2D eigenvalue weighted by Crippen LogP contribution is 2.38. The molecule has 3 nitrogen and oxygen atoms in total. The lowest BCUT2D eigenvalue weighted by molar-refractivity contribution is -0.144.